The highest BCUT2D eigenvalue weighted by atomic mass is 16.5. The van der Waals surface area contributed by atoms with E-state index in [2.05, 4.69) is 9.97 Å². The Morgan fingerprint density at radius 3 is 2.48 bits per heavy atom. The van der Waals surface area contributed by atoms with E-state index in [0.717, 1.165) is 11.0 Å². The van der Waals surface area contributed by atoms with Crippen LogP contribution in [-0.2, 0) is 4.79 Å². The average Bonchev–Trinajstić information content (AvgIpc) is 3.13. The van der Waals surface area contributed by atoms with Gasteiger partial charge in [0.25, 0.3) is 0 Å². The van der Waals surface area contributed by atoms with Crippen LogP contribution >= 0.6 is 0 Å². The van der Waals surface area contributed by atoms with Crippen molar-refractivity contribution in [2.45, 2.75) is 18.9 Å². The first-order valence-electron chi connectivity index (χ1n) is 9.88. The highest BCUT2D eigenvalue weighted by molar-refractivity contribution is 6.01. The highest BCUT2D eigenvalue weighted by Crippen LogP contribution is 2.33. The Hall–Kier alpha value is -3.59. The molecule has 1 aliphatic heterocycles. The molecule has 2 heterocycles. The molecule has 1 saturated heterocycles. The van der Waals surface area contributed by atoms with Crippen LogP contribution in [0.1, 0.15) is 18.7 Å². The minimum atomic E-state index is -1.01. The number of methoxy groups -OCH3 is 2. The number of hydrogen-bond acceptors (Lipinski definition) is 6. The lowest BCUT2D eigenvalue weighted by Gasteiger charge is -2.29. The highest BCUT2D eigenvalue weighted by Gasteiger charge is 2.38. The topological polar surface area (TPSA) is 115 Å². The van der Waals surface area contributed by atoms with Crippen molar-refractivity contribution >= 4 is 28.5 Å². The first-order valence-corrected chi connectivity index (χ1v) is 9.88. The summed E-state index contributed by atoms with van der Waals surface area (Å²) in [6, 6.07) is 12.8. The molecule has 0 spiro atoms. The molecular weight excluding hydrogens is 398 g/mol. The van der Waals surface area contributed by atoms with Crippen molar-refractivity contribution in [2.24, 2.45) is 0 Å². The number of carbonyl (C=O) groups excluding carboxylic acids is 1. The number of aromatic nitrogens is 2. The summed E-state index contributed by atoms with van der Waals surface area (Å²) in [7, 11) is 3.10. The standard InChI is InChI=1S/C22H25N5O4/c1-13(28)26-11-19(29)20(22-24-17-6-4-5-7-18(17)25-22)21(23)27(12-26)14-8-15(30-2)10-16(9-14)31-3/h4-10,19-20,23,29H,11-12H2,1-3H3,(H,24,25). The van der Waals surface area contributed by atoms with Gasteiger partial charge in [0, 0.05) is 31.7 Å². The van der Waals surface area contributed by atoms with E-state index in [0.29, 0.717) is 23.0 Å². The van der Waals surface area contributed by atoms with Gasteiger partial charge in [0.2, 0.25) is 5.91 Å². The fourth-order valence-electron chi connectivity index (χ4n) is 3.81. The molecule has 0 bridgehead atoms. The third kappa shape index (κ3) is 3.91. The molecule has 1 amide bonds. The van der Waals surface area contributed by atoms with E-state index in [1.54, 1.807) is 37.3 Å². The molecule has 9 nitrogen and oxygen atoms in total. The number of aliphatic hydroxyl groups excluding tert-OH is 1. The molecule has 2 aromatic carbocycles. The van der Waals surface area contributed by atoms with Crippen LogP contribution in [0.4, 0.5) is 5.69 Å². The Bertz CT molecular complexity index is 1070. The van der Waals surface area contributed by atoms with Crippen LogP contribution < -0.4 is 14.4 Å². The molecule has 9 heteroatoms. The number of nitrogens with zero attached hydrogens (tertiary/aromatic N) is 3. The van der Waals surface area contributed by atoms with Crippen molar-refractivity contribution in [2.75, 3.05) is 32.3 Å². The second-order valence-electron chi connectivity index (χ2n) is 7.45. The zero-order valence-electron chi connectivity index (χ0n) is 17.6. The fourth-order valence-corrected chi connectivity index (χ4v) is 3.81. The number of β-amino-alcohol motifs (C(OH)–C–C–N with tert-alkyl or cyclic N) is 1. The predicted molar refractivity (Wildman–Crippen MR) is 117 cm³/mol. The molecule has 162 valence electrons. The maximum absolute atomic E-state index is 12.3. The second kappa shape index (κ2) is 8.27. The van der Waals surface area contributed by atoms with Gasteiger partial charge in [-0.05, 0) is 12.1 Å². The maximum Gasteiger partial charge on any atom is 0.220 e. The average molecular weight is 423 g/mol. The Kier molecular flexibility index (Phi) is 5.51. The molecule has 1 fully saturated rings. The van der Waals surface area contributed by atoms with Gasteiger partial charge in [0.15, 0.2) is 0 Å². The van der Waals surface area contributed by atoms with Crippen molar-refractivity contribution in [3.8, 4) is 11.5 Å². The molecule has 2 unspecified atom stereocenters. The minimum Gasteiger partial charge on any atom is -0.497 e. The van der Waals surface area contributed by atoms with Crippen LogP contribution in [0, 0.1) is 5.41 Å². The summed E-state index contributed by atoms with van der Waals surface area (Å²) in [5.41, 5.74) is 2.18. The summed E-state index contributed by atoms with van der Waals surface area (Å²) in [5.74, 6) is 0.753. The summed E-state index contributed by atoms with van der Waals surface area (Å²) < 4.78 is 10.8. The van der Waals surface area contributed by atoms with Gasteiger partial charge in [0.05, 0.1) is 43.7 Å². The number of para-hydroxylation sites is 2. The van der Waals surface area contributed by atoms with Gasteiger partial charge >= 0.3 is 0 Å². The molecule has 0 radical (unpaired) electrons. The van der Waals surface area contributed by atoms with Crippen LogP contribution in [0.5, 0.6) is 11.5 Å². The molecule has 0 aliphatic carbocycles. The number of aliphatic hydroxyl groups is 1. The van der Waals surface area contributed by atoms with E-state index >= 15 is 0 Å². The summed E-state index contributed by atoms with van der Waals surface area (Å²) in [4.78, 5) is 23.3. The second-order valence-corrected chi connectivity index (χ2v) is 7.45. The number of imidazole rings is 1. The third-order valence-electron chi connectivity index (χ3n) is 5.49. The van der Waals surface area contributed by atoms with E-state index < -0.39 is 12.0 Å². The van der Waals surface area contributed by atoms with Gasteiger partial charge in [-0.15, -0.1) is 0 Å². The number of ether oxygens (including phenoxy) is 2. The number of anilines is 1. The molecular formula is C22H25N5O4. The summed E-state index contributed by atoms with van der Waals surface area (Å²) in [5, 5.41) is 20.0. The smallest absolute Gasteiger partial charge is 0.220 e. The van der Waals surface area contributed by atoms with Gasteiger partial charge in [0.1, 0.15) is 29.1 Å². The van der Waals surface area contributed by atoms with E-state index in [9.17, 15) is 9.90 Å². The fraction of sp³-hybridized carbons (Fsp3) is 0.318. The normalized spacial score (nSPS) is 19.4. The molecule has 1 aliphatic rings. The van der Waals surface area contributed by atoms with Gasteiger partial charge < -0.3 is 29.4 Å². The third-order valence-corrected chi connectivity index (χ3v) is 5.49. The lowest BCUT2D eigenvalue weighted by molar-refractivity contribution is -0.129. The zero-order chi connectivity index (χ0) is 22.1. The van der Waals surface area contributed by atoms with Gasteiger partial charge in [-0.2, -0.15) is 0 Å². The molecule has 3 aromatic rings. The Balaban J connectivity index is 1.82. The minimum absolute atomic E-state index is 0.0804. The number of amides is 1. The van der Waals surface area contributed by atoms with Crippen molar-refractivity contribution in [3.05, 3.63) is 48.3 Å². The molecule has 2 atom stereocenters. The summed E-state index contributed by atoms with van der Waals surface area (Å²) in [6.45, 7) is 1.64. The molecule has 1 aromatic heterocycles. The van der Waals surface area contributed by atoms with Crippen LogP contribution in [0.2, 0.25) is 0 Å². The number of fused-ring (bicyclic) bond motifs is 1. The maximum atomic E-state index is 12.3. The van der Waals surface area contributed by atoms with E-state index in [1.807, 2.05) is 24.3 Å². The number of benzene rings is 2. The zero-order valence-corrected chi connectivity index (χ0v) is 17.6. The van der Waals surface area contributed by atoms with Crippen molar-refractivity contribution in [1.29, 1.82) is 5.41 Å². The number of carbonyl (C=O) groups is 1. The lowest BCUT2D eigenvalue weighted by atomic mass is 9.99. The van der Waals surface area contributed by atoms with Crippen LogP contribution in [0.25, 0.3) is 11.0 Å². The number of hydrogen-bond donors (Lipinski definition) is 3. The Morgan fingerprint density at radius 2 is 1.87 bits per heavy atom. The van der Waals surface area contributed by atoms with Crippen molar-refractivity contribution in [3.63, 3.8) is 0 Å². The number of H-pyrrole nitrogens is 1. The van der Waals surface area contributed by atoms with Crippen LogP contribution in [0.3, 0.4) is 0 Å². The first kappa shape index (κ1) is 20.7. The Morgan fingerprint density at radius 1 is 1.19 bits per heavy atom. The largest absolute Gasteiger partial charge is 0.497 e. The molecule has 4 rings (SSSR count). The first-order chi connectivity index (χ1) is 14.9. The lowest BCUT2D eigenvalue weighted by Crippen LogP contribution is -2.42. The van der Waals surface area contributed by atoms with Gasteiger partial charge in [-0.25, -0.2) is 4.98 Å². The number of rotatable bonds is 4. The van der Waals surface area contributed by atoms with E-state index in [4.69, 9.17) is 14.9 Å². The van der Waals surface area contributed by atoms with Crippen LogP contribution in [0.15, 0.2) is 42.5 Å². The number of aromatic amines is 1. The summed E-state index contributed by atoms with van der Waals surface area (Å²) >= 11 is 0. The van der Waals surface area contributed by atoms with Gasteiger partial charge in [-0.1, -0.05) is 12.1 Å². The Labute approximate surface area is 179 Å². The predicted octanol–water partition coefficient (Wildman–Crippen LogP) is 2.33. The molecule has 0 saturated carbocycles. The van der Waals surface area contributed by atoms with Gasteiger partial charge in [-0.3, -0.25) is 10.2 Å². The quantitative estimate of drug-likeness (QED) is 0.593. The molecule has 3 N–H and O–H groups in total. The van der Waals surface area contributed by atoms with Crippen molar-refractivity contribution in [1.82, 2.24) is 14.9 Å². The van der Waals surface area contributed by atoms with Crippen LogP contribution in [-0.4, -0.2) is 65.3 Å². The number of nitrogens with one attached hydrogen (secondary N) is 2. The van der Waals surface area contributed by atoms with E-state index in [-0.39, 0.29) is 25.0 Å². The number of amidine groups is 1. The van der Waals surface area contributed by atoms with Crippen molar-refractivity contribution < 1.29 is 19.4 Å². The monoisotopic (exact) mass is 423 g/mol. The SMILES string of the molecule is COc1cc(OC)cc(N2CN(C(C)=O)CC(O)C(c3nc4ccccc4[nH]3)C2=N)c1. The summed E-state index contributed by atoms with van der Waals surface area (Å²) in [6.07, 6.45) is -1.01. The van der Waals surface area contributed by atoms with E-state index in [1.165, 1.54) is 11.8 Å². The molecule has 31 heavy (non-hydrogen) atoms.